The fourth-order valence-electron chi connectivity index (χ4n) is 3.72. The van der Waals surface area contributed by atoms with Gasteiger partial charge in [-0.2, -0.15) is 5.10 Å². The number of sulfonamides is 1. The van der Waals surface area contributed by atoms with Gasteiger partial charge in [-0.3, -0.25) is 13.9 Å². The predicted molar refractivity (Wildman–Crippen MR) is 147 cm³/mol. The van der Waals surface area contributed by atoms with Crippen LogP contribution >= 0.6 is 11.6 Å². The number of halogens is 1. The molecule has 4 rings (SSSR count). The largest absolute Gasteiger partial charge is 0.484 e. The number of carbonyl (C=O) groups is 2. The molecule has 0 atom stereocenters. The maximum Gasteiger partial charge on any atom is 0.264 e. The van der Waals surface area contributed by atoms with E-state index in [1.807, 2.05) is 0 Å². The quantitative estimate of drug-likeness (QED) is 0.296. The van der Waals surface area contributed by atoms with Crippen molar-refractivity contribution in [2.45, 2.75) is 4.90 Å². The Morgan fingerprint density at radius 1 is 1.00 bits per heavy atom. The summed E-state index contributed by atoms with van der Waals surface area (Å²) in [4.78, 5) is 26.6. The van der Waals surface area contributed by atoms with Crippen molar-refractivity contribution in [1.82, 2.24) is 10.3 Å². The number of morpholine rings is 1. The smallest absolute Gasteiger partial charge is 0.264 e. The zero-order valence-electron chi connectivity index (χ0n) is 20.9. The monoisotopic (exact) mass is 570 g/mol. The molecule has 10 nitrogen and oxygen atoms in total. The van der Waals surface area contributed by atoms with Crippen LogP contribution in [-0.4, -0.2) is 70.8 Å². The Kier molecular flexibility index (Phi) is 9.53. The number of nitrogens with one attached hydrogen (secondary N) is 1. The molecule has 39 heavy (non-hydrogen) atoms. The van der Waals surface area contributed by atoms with Gasteiger partial charge < -0.3 is 14.4 Å². The second kappa shape index (κ2) is 13.2. The molecule has 0 bridgehead atoms. The lowest BCUT2D eigenvalue weighted by Crippen LogP contribution is -2.42. The van der Waals surface area contributed by atoms with Gasteiger partial charge in [-0.05, 0) is 54.1 Å². The Bertz CT molecular complexity index is 1410. The maximum atomic E-state index is 13.3. The van der Waals surface area contributed by atoms with E-state index in [4.69, 9.17) is 21.1 Å². The molecule has 2 amide bonds. The molecule has 12 heteroatoms. The highest BCUT2D eigenvalue weighted by Crippen LogP contribution is 2.30. The molecular weight excluding hydrogens is 544 g/mol. The number of amides is 2. The Hall–Kier alpha value is -3.93. The summed E-state index contributed by atoms with van der Waals surface area (Å²) in [5, 5.41) is 4.12. The third-order valence-electron chi connectivity index (χ3n) is 5.75. The zero-order chi connectivity index (χ0) is 27.7. The molecule has 1 fully saturated rings. The van der Waals surface area contributed by atoms with Gasteiger partial charge in [-0.15, -0.1) is 0 Å². The molecule has 0 spiro atoms. The summed E-state index contributed by atoms with van der Waals surface area (Å²) in [6.45, 7) is 1.54. The number of anilines is 1. The second-order valence-corrected chi connectivity index (χ2v) is 10.7. The van der Waals surface area contributed by atoms with E-state index in [0.717, 1.165) is 4.31 Å². The molecule has 1 aliphatic rings. The first-order valence-electron chi connectivity index (χ1n) is 12.1. The number of benzene rings is 3. The summed E-state index contributed by atoms with van der Waals surface area (Å²) >= 11 is 6.27. The highest BCUT2D eigenvalue weighted by Gasteiger charge is 2.28. The van der Waals surface area contributed by atoms with Crippen molar-refractivity contribution in [3.8, 4) is 5.75 Å². The van der Waals surface area contributed by atoms with Gasteiger partial charge in [-0.1, -0.05) is 41.9 Å². The van der Waals surface area contributed by atoms with E-state index < -0.39 is 22.5 Å². The molecule has 1 heterocycles. The van der Waals surface area contributed by atoms with E-state index in [1.165, 1.54) is 24.4 Å². The molecule has 3 aromatic carbocycles. The molecule has 0 aromatic heterocycles. The minimum absolute atomic E-state index is 0.0233. The highest BCUT2D eigenvalue weighted by atomic mass is 35.5. The molecule has 1 saturated heterocycles. The van der Waals surface area contributed by atoms with E-state index in [-0.39, 0.29) is 28.1 Å². The van der Waals surface area contributed by atoms with E-state index in [1.54, 1.807) is 65.6 Å². The lowest BCUT2D eigenvalue weighted by molar-refractivity contribution is -0.137. The van der Waals surface area contributed by atoms with Gasteiger partial charge in [0.05, 0.1) is 35.0 Å². The Morgan fingerprint density at radius 2 is 1.67 bits per heavy atom. The molecule has 1 N–H and O–H groups in total. The maximum absolute atomic E-state index is 13.3. The summed E-state index contributed by atoms with van der Waals surface area (Å²) in [6.07, 6.45) is 1.41. The summed E-state index contributed by atoms with van der Waals surface area (Å²) in [5.74, 6) is -0.252. The van der Waals surface area contributed by atoms with Gasteiger partial charge >= 0.3 is 0 Å². The minimum atomic E-state index is -4.08. The Morgan fingerprint density at radius 3 is 2.36 bits per heavy atom. The van der Waals surface area contributed by atoms with E-state index in [2.05, 4.69) is 10.5 Å². The summed E-state index contributed by atoms with van der Waals surface area (Å²) in [5.41, 5.74) is 3.18. The molecule has 0 radical (unpaired) electrons. The SMILES string of the molecule is O=C(CN(c1ccccc1Cl)S(=O)(=O)c1ccccc1)N/N=C\c1ccc(OCC(=O)N2CCOCC2)cc1. The van der Waals surface area contributed by atoms with Gasteiger partial charge in [0.2, 0.25) is 0 Å². The average molecular weight is 571 g/mol. The second-order valence-electron chi connectivity index (χ2n) is 8.42. The third kappa shape index (κ3) is 7.56. The van der Waals surface area contributed by atoms with E-state index >= 15 is 0 Å². The molecular formula is C27H27ClN4O6S. The van der Waals surface area contributed by atoms with Crippen LogP contribution in [0.5, 0.6) is 5.75 Å². The molecule has 0 aliphatic carbocycles. The van der Waals surface area contributed by atoms with Crippen molar-refractivity contribution in [2.24, 2.45) is 5.10 Å². The van der Waals surface area contributed by atoms with Crippen LogP contribution < -0.4 is 14.5 Å². The summed E-state index contributed by atoms with van der Waals surface area (Å²) in [7, 11) is -4.08. The summed E-state index contributed by atoms with van der Waals surface area (Å²) in [6, 6.07) is 20.9. The molecule has 1 aliphatic heterocycles. The Balaban J connectivity index is 1.36. The number of para-hydroxylation sites is 1. The van der Waals surface area contributed by atoms with Crippen molar-refractivity contribution in [3.63, 3.8) is 0 Å². The van der Waals surface area contributed by atoms with Gasteiger partial charge in [0.15, 0.2) is 6.61 Å². The number of hydrogen-bond donors (Lipinski definition) is 1. The van der Waals surface area contributed by atoms with Gasteiger partial charge in [0.1, 0.15) is 12.3 Å². The number of rotatable bonds is 10. The van der Waals surface area contributed by atoms with Crippen LogP contribution in [0.15, 0.2) is 88.9 Å². The number of ether oxygens (including phenoxy) is 2. The first-order chi connectivity index (χ1) is 18.8. The van der Waals surface area contributed by atoms with E-state index in [9.17, 15) is 18.0 Å². The van der Waals surface area contributed by atoms with Crippen LogP contribution in [0.3, 0.4) is 0 Å². The first-order valence-corrected chi connectivity index (χ1v) is 13.9. The van der Waals surface area contributed by atoms with Crippen molar-refractivity contribution in [2.75, 3.05) is 43.8 Å². The van der Waals surface area contributed by atoms with Crippen LogP contribution in [0.2, 0.25) is 5.02 Å². The van der Waals surface area contributed by atoms with E-state index in [0.29, 0.717) is 37.6 Å². The average Bonchev–Trinajstić information content (AvgIpc) is 2.96. The van der Waals surface area contributed by atoms with Crippen molar-refractivity contribution >= 4 is 45.3 Å². The molecule has 0 unspecified atom stereocenters. The number of carbonyl (C=O) groups excluding carboxylic acids is 2. The van der Waals surface area contributed by atoms with Crippen molar-refractivity contribution in [1.29, 1.82) is 0 Å². The fraction of sp³-hybridized carbons (Fsp3) is 0.222. The number of hydrogen-bond acceptors (Lipinski definition) is 7. The van der Waals surface area contributed by atoms with Crippen LogP contribution in [0, 0.1) is 0 Å². The number of hydrazone groups is 1. The fourth-order valence-corrected chi connectivity index (χ4v) is 5.47. The third-order valence-corrected chi connectivity index (χ3v) is 7.84. The predicted octanol–water partition coefficient (Wildman–Crippen LogP) is 2.92. The van der Waals surface area contributed by atoms with Gasteiger partial charge in [0.25, 0.3) is 21.8 Å². The van der Waals surface area contributed by atoms with Crippen LogP contribution in [0.25, 0.3) is 0 Å². The van der Waals surface area contributed by atoms with Crippen molar-refractivity contribution < 1.29 is 27.5 Å². The topological polar surface area (TPSA) is 118 Å². The standard InChI is InChI=1S/C27H27ClN4O6S/c28-24-8-4-5-9-25(24)32(39(35,36)23-6-2-1-3-7-23)19-26(33)30-29-18-21-10-12-22(13-11-21)38-20-27(34)31-14-16-37-17-15-31/h1-13,18H,14-17,19-20H2,(H,30,33)/b29-18-. The van der Waals surface area contributed by atoms with Crippen LogP contribution in [0.1, 0.15) is 5.56 Å². The van der Waals surface area contributed by atoms with Crippen molar-refractivity contribution in [3.05, 3.63) is 89.4 Å². The highest BCUT2D eigenvalue weighted by molar-refractivity contribution is 7.92. The van der Waals surface area contributed by atoms with Gasteiger partial charge in [-0.25, -0.2) is 13.8 Å². The van der Waals surface area contributed by atoms with Crippen LogP contribution in [0.4, 0.5) is 5.69 Å². The molecule has 3 aromatic rings. The van der Waals surface area contributed by atoms with Gasteiger partial charge in [0, 0.05) is 13.1 Å². The normalized spacial score (nSPS) is 13.7. The molecule has 204 valence electrons. The Labute approximate surface area is 231 Å². The minimum Gasteiger partial charge on any atom is -0.484 e. The first kappa shape index (κ1) is 28.1. The zero-order valence-corrected chi connectivity index (χ0v) is 22.5. The number of nitrogens with zero attached hydrogens (tertiary/aromatic N) is 3. The summed E-state index contributed by atoms with van der Waals surface area (Å²) < 4.78 is 38.4. The van der Waals surface area contributed by atoms with Crippen LogP contribution in [-0.2, 0) is 24.3 Å². The molecule has 0 saturated carbocycles. The lowest BCUT2D eigenvalue weighted by Gasteiger charge is -2.26. The lowest BCUT2D eigenvalue weighted by atomic mass is 10.2.